The average molecular weight is 283 g/mol. The van der Waals surface area contributed by atoms with Crippen LogP contribution in [0.1, 0.15) is 18.4 Å². The van der Waals surface area contributed by atoms with Crippen molar-refractivity contribution in [2.75, 3.05) is 25.0 Å². The van der Waals surface area contributed by atoms with Gasteiger partial charge in [-0.05, 0) is 31.0 Å². The number of nitrogens with zero attached hydrogens (tertiary/aromatic N) is 1. The maximum Gasteiger partial charge on any atom is 0.222 e. The smallest absolute Gasteiger partial charge is 0.222 e. The number of anilines is 1. The number of nitrogens with one attached hydrogen (secondary N) is 1. The van der Waals surface area contributed by atoms with Crippen molar-refractivity contribution in [1.29, 1.82) is 0 Å². The predicted molar refractivity (Wildman–Crippen MR) is 76.4 cm³/mol. The molecule has 104 valence electrons. The number of aliphatic hydroxyl groups excluding tert-OH is 1. The molecule has 2 N–H and O–H groups in total. The molecular weight excluding hydrogens is 264 g/mol. The van der Waals surface area contributed by atoms with Gasteiger partial charge in [0.15, 0.2) is 0 Å². The molecule has 1 aromatic rings. The number of hydrogen-bond donors (Lipinski definition) is 2. The van der Waals surface area contributed by atoms with Crippen molar-refractivity contribution in [2.45, 2.75) is 19.4 Å². The molecule has 1 heterocycles. The third-order valence-electron chi connectivity index (χ3n) is 3.66. The number of carbonyl (C=O) groups is 1. The quantitative estimate of drug-likeness (QED) is 0.889. The van der Waals surface area contributed by atoms with Gasteiger partial charge in [0.25, 0.3) is 0 Å². The van der Waals surface area contributed by atoms with Gasteiger partial charge in [0.05, 0.1) is 6.61 Å². The van der Waals surface area contributed by atoms with Crippen LogP contribution in [0.3, 0.4) is 0 Å². The Morgan fingerprint density at radius 1 is 1.47 bits per heavy atom. The van der Waals surface area contributed by atoms with Crippen LogP contribution >= 0.6 is 11.6 Å². The molecule has 1 amide bonds. The van der Waals surface area contributed by atoms with Crippen molar-refractivity contribution in [3.63, 3.8) is 0 Å². The second-order valence-corrected chi connectivity index (χ2v) is 5.24. The van der Waals surface area contributed by atoms with E-state index < -0.39 is 0 Å². The van der Waals surface area contributed by atoms with Crippen LogP contribution in [0.25, 0.3) is 0 Å². The Morgan fingerprint density at radius 2 is 2.16 bits per heavy atom. The number of hydrogen-bond acceptors (Lipinski definition) is 3. The SMILES string of the molecule is CNC(=O)C1CCN(c2ccc(Cl)cc2CO)CC1. The molecule has 1 saturated heterocycles. The fraction of sp³-hybridized carbons (Fsp3) is 0.500. The van der Waals surface area contributed by atoms with E-state index in [0.717, 1.165) is 37.2 Å². The zero-order valence-corrected chi connectivity index (χ0v) is 11.8. The molecule has 0 spiro atoms. The molecule has 1 aromatic carbocycles. The zero-order valence-electron chi connectivity index (χ0n) is 11.0. The normalized spacial score (nSPS) is 16.5. The van der Waals surface area contributed by atoms with Crippen LogP contribution in [0.15, 0.2) is 18.2 Å². The first-order valence-corrected chi connectivity index (χ1v) is 6.89. The highest BCUT2D eigenvalue weighted by molar-refractivity contribution is 6.30. The van der Waals surface area contributed by atoms with E-state index >= 15 is 0 Å². The lowest BCUT2D eigenvalue weighted by Crippen LogP contribution is -2.39. The van der Waals surface area contributed by atoms with Gasteiger partial charge in [0, 0.05) is 42.3 Å². The Bertz CT molecular complexity index is 457. The maximum absolute atomic E-state index is 11.6. The molecule has 0 bridgehead atoms. The van der Waals surface area contributed by atoms with Gasteiger partial charge in [-0.2, -0.15) is 0 Å². The van der Waals surface area contributed by atoms with Crippen LogP contribution in [-0.2, 0) is 11.4 Å². The van der Waals surface area contributed by atoms with Crippen molar-refractivity contribution < 1.29 is 9.90 Å². The Hall–Kier alpha value is -1.26. The molecule has 1 aliphatic rings. The van der Waals surface area contributed by atoms with E-state index in [0.29, 0.717) is 5.02 Å². The molecule has 19 heavy (non-hydrogen) atoms. The first-order chi connectivity index (χ1) is 9.15. The van der Waals surface area contributed by atoms with Crippen LogP contribution < -0.4 is 10.2 Å². The largest absolute Gasteiger partial charge is 0.392 e. The standard InChI is InChI=1S/C14H19ClN2O2/c1-16-14(19)10-4-6-17(7-5-10)13-3-2-12(15)8-11(13)9-18/h2-3,8,10,18H,4-7,9H2,1H3,(H,16,19). The minimum Gasteiger partial charge on any atom is -0.392 e. The van der Waals surface area contributed by atoms with E-state index in [4.69, 9.17) is 11.6 Å². The van der Waals surface area contributed by atoms with E-state index in [9.17, 15) is 9.90 Å². The summed E-state index contributed by atoms with van der Waals surface area (Å²) in [4.78, 5) is 13.8. The van der Waals surface area contributed by atoms with Crippen LogP contribution in [0, 0.1) is 5.92 Å². The third-order valence-corrected chi connectivity index (χ3v) is 3.90. The fourth-order valence-corrected chi connectivity index (χ4v) is 2.77. The summed E-state index contributed by atoms with van der Waals surface area (Å²) >= 11 is 5.94. The molecule has 0 atom stereocenters. The minimum atomic E-state index is -0.0226. The fourth-order valence-electron chi connectivity index (χ4n) is 2.58. The molecule has 2 rings (SSSR count). The molecular formula is C14H19ClN2O2. The minimum absolute atomic E-state index is 0.0226. The van der Waals surface area contributed by atoms with Crippen molar-refractivity contribution >= 4 is 23.2 Å². The Morgan fingerprint density at radius 3 is 2.74 bits per heavy atom. The lowest BCUT2D eigenvalue weighted by atomic mass is 9.95. The van der Waals surface area contributed by atoms with Crippen molar-refractivity contribution in [1.82, 2.24) is 5.32 Å². The molecule has 1 fully saturated rings. The van der Waals surface area contributed by atoms with E-state index in [1.807, 2.05) is 12.1 Å². The number of benzene rings is 1. The number of piperidine rings is 1. The van der Waals surface area contributed by atoms with Gasteiger partial charge < -0.3 is 15.3 Å². The van der Waals surface area contributed by atoms with E-state index in [1.165, 1.54) is 0 Å². The second kappa shape index (κ2) is 6.26. The van der Waals surface area contributed by atoms with Gasteiger partial charge in [0.2, 0.25) is 5.91 Å². The molecule has 0 unspecified atom stereocenters. The zero-order chi connectivity index (χ0) is 13.8. The molecule has 5 heteroatoms. The summed E-state index contributed by atoms with van der Waals surface area (Å²) in [6.07, 6.45) is 1.68. The third kappa shape index (κ3) is 3.19. The average Bonchev–Trinajstić information content (AvgIpc) is 2.46. The number of carbonyl (C=O) groups excluding carboxylic acids is 1. The van der Waals surface area contributed by atoms with Gasteiger partial charge in [-0.15, -0.1) is 0 Å². The highest BCUT2D eigenvalue weighted by Crippen LogP contribution is 2.28. The molecule has 0 aromatic heterocycles. The summed E-state index contributed by atoms with van der Waals surface area (Å²) in [5, 5.41) is 12.7. The van der Waals surface area contributed by atoms with E-state index in [-0.39, 0.29) is 18.4 Å². The van der Waals surface area contributed by atoms with Crippen molar-refractivity contribution in [2.24, 2.45) is 5.92 Å². The van der Waals surface area contributed by atoms with Gasteiger partial charge in [-0.1, -0.05) is 11.6 Å². The molecule has 0 saturated carbocycles. The molecule has 1 aliphatic heterocycles. The van der Waals surface area contributed by atoms with Crippen LogP contribution in [0.4, 0.5) is 5.69 Å². The molecule has 0 aliphatic carbocycles. The summed E-state index contributed by atoms with van der Waals surface area (Å²) in [5.74, 6) is 0.226. The van der Waals surface area contributed by atoms with E-state index in [1.54, 1.807) is 13.1 Å². The summed E-state index contributed by atoms with van der Waals surface area (Å²) in [6, 6.07) is 5.57. The Balaban J connectivity index is 2.07. The first kappa shape index (κ1) is 14.2. The van der Waals surface area contributed by atoms with Gasteiger partial charge in [-0.25, -0.2) is 0 Å². The number of rotatable bonds is 3. The topological polar surface area (TPSA) is 52.6 Å². The first-order valence-electron chi connectivity index (χ1n) is 6.51. The lowest BCUT2D eigenvalue weighted by Gasteiger charge is -2.34. The maximum atomic E-state index is 11.6. The van der Waals surface area contributed by atoms with Crippen LogP contribution in [-0.4, -0.2) is 31.2 Å². The summed E-state index contributed by atoms with van der Waals surface area (Å²) in [7, 11) is 1.68. The summed E-state index contributed by atoms with van der Waals surface area (Å²) in [6.45, 7) is 1.63. The van der Waals surface area contributed by atoms with Gasteiger partial charge >= 0.3 is 0 Å². The van der Waals surface area contributed by atoms with Crippen molar-refractivity contribution in [3.05, 3.63) is 28.8 Å². The molecule has 4 nitrogen and oxygen atoms in total. The monoisotopic (exact) mass is 282 g/mol. The highest BCUT2D eigenvalue weighted by atomic mass is 35.5. The van der Waals surface area contributed by atoms with Gasteiger partial charge in [0.1, 0.15) is 0 Å². The van der Waals surface area contributed by atoms with E-state index in [2.05, 4.69) is 10.2 Å². The van der Waals surface area contributed by atoms with Gasteiger partial charge in [-0.3, -0.25) is 4.79 Å². The summed E-state index contributed by atoms with van der Waals surface area (Å²) in [5.41, 5.74) is 1.85. The van der Waals surface area contributed by atoms with Crippen LogP contribution in [0.5, 0.6) is 0 Å². The second-order valence-electron chi connectivity index (χ2n) is 4.81. The summed E-state index contributed by atoms with van der Waals surface area (Å²) < 4.78 is 0. The Kier molecular flexibility index (Phi) is 4.66. The molecule has 0 radical (unpaired) electrons. The number of amides is 1. The number of aliphatic hydroxyl groups is 1. The lowest BCUT2D eigenvalue weighted by molar-refractivity contribution is -0.125. The number of halogens is 1. The Labute approximate surface area is 118 Å². The predicted octanol–water partition coefficient (Wildman–Crippen LogP) is 1.79. The van der Waals surface area contributed by atoms with Crippen LogP contribution in [0.2, 0.25) is 5.02 Å². The highest BCUT2D eigenvalue weighted by Gasteiger charge is 2.25. The van der Waals surface area contributed by atoms with Crippen molar-refractivity contribution in [3.8, 4) is 0 Å².